The van der Waals surface area contributed by atoms with Gasteiger partial charge >= 0.3 is 0 Å². The van der Waals surface area contributed by atoms with E-state index in [0.29, 0.717) is 3.83 Å². The number of halogens is 1. The van der Waals surface area contributed by atoms with Gasteiger partial charge in [-0.1, -0.05) is 0 Å². The molecule has 0 spiro atoms. The molecule has 0 fully saturated rings. The minimum absolute atomic E-state index is 0.230. The van der Waals surface area contributed by atoms with E-state index in [-0.39, 0.29) is 5.56 Å². The van der Waals surface area contributed by atoms with Crippen LogP contribution >= 0.6 is 22.6 Å². The van der Waals surface area contributed by atoms with Crippen molar-refractivity contribution in [1.29, 1.82) is 0 Å². The molecule has 11 heavy (non-hydrogen) atoms. The summed E-state index contributed by atoms with van der Waals surface area (Å²) >= 11 is 1.92. The fourth-order valence-electron chi connectivity index (χ4n) is 0.494. The Kier molecular flexibility index (Phi) is 2.71. The number of hydrogen-bond donors (Lipinski definition) is 2. The molecule has 1 heterocycles. The zero-order chi connectivity index (χ0) is 8.27. The molecule has 0 bridgehead atoms. The SMILES string of the molecule is O=C(NO)c1cnc(I)nc1. The third-order valence-corrected chi connectivity index (χ3v) is 1.54. The standard InChI is InChI=1S/C5H4IN3O2/c6-5-7-1-3(2-8-5)4(10)9-11/h1-2,11H,(H,9,10). The number of carbonyl (C=O) groups excluding carboxylic acids is 1. The molecule has 1 amide bonds. The maximum Gasteiger partial charge on any atom is 0.277 e. The highest BCUT2D eigenvalue weighted by molar-refractivity contribution is 14.1. The van der Waals surface area contributed by atoms with E-state index in [4.69, 9.17) is 5.21 Å². The van der Waals surface area contributed by atoms with Crippen LogP contribution in [0.3, 0.4) is 0 Å². The van der Waals surface area contributed by atoms with E-state index in [2.05, 4.69) is 9.97 Å². The molecular formula is C5H4IN3O2. The maximum absolute atomic E-state index is 10.7. The number of hydrogen-bond acceptors (Lipinski definition) is 4. The van der Waals surface area contributed by atoms with Gasteiger partial charge in [-0.15, -0.1) is 0 Å². The van der Waals surface area contributed by atoms with Gasteiger partial charge < -0.3 is 0 Å². The fraction of sp³-hybridized carbons (Fsp3) is 0. The number of rotatable bonds is 1. The summed E-state index contributed by atoms with van der Waals surface area (Å²) < 4.78 is 0.553. The van der Waals surface area contributed by atoms with E-state index in [1.54, 1.807) is 0 Å². The summed E-state index contributed by atoms with van der Waals surface area (Å²) in [4.78, 5) is 18.2. The van der Waals surface area contributed by atoms with Crippen molar-refractivity contribution in [3.63, 3.8) is 0 Å². The van der Waals surface area contributed by atoms with Gasteiger partial charge in [0.15, 0.2) is 3.83 Å². The molecule has 0 aliphatic rings. The van der Waals surface area contributed by atoms with Crippen LogP contribution < -0.4 is 5.48 Å². The summed E-state index contributed by atoms with van der Waals surface area (Å²) in [6.07, 6.45) is 2.67. The van der Waals surface area contributed by atoms with E-state index in [0.717, 1.165) is 0 Å². The number of carbonyl (C=O) groups is 1. The molecule has 58 valence electrons. The summed E-state index contributed by atoms with van der Waals surface area (Å²) in [6.45, 7) is 0. The molecule has 0 saturated carbocycles. The Hall–Kier alpha value is -0.760. The van der Waals surface area contributed by atoms with Gasteiger partial charge in [0, 0.05) is 35.0 Å². The van der Waals surface area contributed by atoms with Gasteiger partial charge in [-0.25, -0.2) is 15.4 Å². The monoisotopic (exact) mass is 265 g/mol. The lowest BCUT2D eigenvalue weighted by molar-refractivity contribution is 0.0705. The number of nitrogens with zero attached hydrogens (tertiary/aromatic N) is 2. The molecule has 1 aromatic rings. The van der Waals surface area contributed by atoms with Crippen molar-refractivity contribution in [3.05, 3.63) is 21.8 Å². The molecular weight excluding hydrogens is 261 g/mol. The molecule has 0 atom stereocenters. The Morgan fingerprint density at radius 1 is 1.55 bits per heavy atom. The highest BCUT2D eigenvalue weighted by Gasteiger charge is 2.03. The third kappa shape index (κ3) is 2.09. The van der Waals surface area contributed by atoms with Crippen LogP contribution in [0.1, 0.15) is 10.4 Å². The van der Waals surface area contributed by atoms with Crippen LogP contribution in [0.15, 0.2) is 12.4 Å². The Balaban J connectivity index is 2.90. The number of nitrogens with one attached hydrogen (secondary N) is 1. The topological polar surface area (TPSA) is 75.1 Å². The van der Waals surface area contributed by atoms with E-state index >= 15 is 0 Å². The lowest BCUT2D eigenvalue weighted by Crippen LogP contribution is -2.19. The van der Waals surface area contributed by atoms with Gasteiger partial charge in [0.25, 0.3) is 5.91 Å². The number of hydroxylamine groups is 1. The Bertz CT molecular complexity index is 261. The molecule has 0 unspecified atom stereocenters. The lowest BCUT2D eigenvalue weighted by atomic mass is 10.3. The lowest BCUT2D eigenvalue weighted by Gasteiger charge is -1.95. The molecule has 6 heteroatoms. The van der Waals surface area contributed by atoms with Crippen LogP contribution in [0.2, 0.25) is 0 Å². The Morgan fingerprint density at radius 2 is 2.09 bits per heavy atom. The zero-order valence-corrected chi connectivity index (χ0v) is 7.44. The quantitative estimate of drug-likeness (QED) is 0.329. The van der Waals surface area contributed by atoms with Crippen LogP contribution in [0.4, 0.5) is 0 Å². The molecule has 0 saturated heterocycles. The average molecular weight is 265 g/mol. The van der Waals surface area contributed by atoms with Gasteiger partial charge in [0.2, 0.25) is 0 Å². The molecule has 1 aromatic heterocycles. The van der Waals surface area contributed by atoms with Gasteiger partial charge in [0.1, 0.15) is 0 Å². The van der Waals surface area contributed by atoms with Crippen molar-refractivity contribution < 1.29 is 10.0 Å². The maximum atomic E-state index is 10.7. The molecule has 0 aromatic carbocycles. The first-order chi connectivity index (χ1) is 5.24. The van der Waals surface area contributed by atoms with Gasteiger partial charge in [0.05, 0.1) is 5.56 Å². The summed E-state index contributed by atoms with van der Waals surface area (Å²) in [5, 5.41) is 8.20. The number of amides is 1. The Labute approximate surface area is 76.0 Å². The minimum Gasteiger partial charge on any atom is -0.288 e. The molecule has 2 N–H and O–H groups in total. The van der Waals surface area contributed by atoms with Crippen molar-refractivity contribution in [2.45, 2.75) is 0 Å². The van der Waals surface area contributed by atoms with Crippen LogP contribution in [-0.2, 0) is 0 Å². The second kappa shape index (κ2) is 3.58. The second-order valence-electron chi connectivity index (χ2n) is 1.68. The first-order valence-corrected chi connectivity index (χ1v) is 3.74. The molecule has 1 rings (SSSR count). The summed E-state index contributed by atoms with van der Waals surface area (Å²) in [5.74, 6) is -0.610. The van der Waals surface area contributed by atoms with E-state index < -0.39 is 5.91 Å². The molecule has 5 nitrogen and oxygen atoms in total. The molecule has 0 aliphatic carbocycles. The Morgan fingerprint density at radius 3 is 2.55 bits per heavy atom. The van der Waals surface area contributed by atoms with Gasteiger partial charge in [-0.3, -0.25) is 10.0 Å². The summed E-state index contributed by atoms with van der Waals surface area (Å²) in [5.41, 5.74) is 1.71. The first kappa shape index (κ1) is 8.34. The number of aromatic nitrogens is 2. The molecule has 0 radical (unpaired) electrons. The van der Waals surface area contributed by atoms with E-state index in [1.165, 1.54) is 17.9 Å². The summed E-state index contributed by atoms with van der Waals surface area (Å²) in [7, 11) is 0. The normalized spacial score (nSPS) is 9.27. The zero-order valence-electron chi connectivity index (χ0n) is 5.28. The van der Waals surface area contributed by atoms with Crippen molar-refractivity contribution in [1.82, 2.24) is 15.4 Å². The van der Waals surface area contributed by atoms with Crippen molar-refractivity contribution in [3.8, 4) is 0 Å². The third-order valence-electron chi connectivity index (χ3n) is 0.984. The van der Waals surface area contributed by atoms with Gasteiger partial charge in [-0.05, 0) is 0 Å². The van der Waals surface area contributed by atoms with Crippen molar-refractivity contribution >= 4 is 28.5 Å². The highest BCUT2D eigenvalue weighted by atomic mass is 127. The van der Waals surface area contributed by atoms with Crippen molar-refractivity contribution in [2.75, 3.05) is 0 Å². The summed E-state index contributed by atoms with van der Waals surface area (Å²) in [6, 6.07) is 0. The van der Waals surface area contributed by atoms with Crippen molar-refractivity contribution in [2.24, 2.45) is 0 Å². The fourth-order valence-corrected chi connectivity index (χ4v) is 0.773. The molecule has 0 aliphatic heterocycles. The van der Waals surface area contributed by atoms with Crippen LogP contribution in [-0.4, -0.2) is 21.1 Å². The first-order valence-electron chi connectivity index (χ1n) is 2.66. The minimum atomic E-state index is -0.610. The second-order valence-corrected chi connectivity index (χ2v) is 2.65. The van der Waals surface area contributed by atoms with Gasteiger partial charge in [-0.2, -0.15) is 0 Å². The highest BCUT2D eigenvalue weighted by Crippen LogP contribution is 1.97. The predicted octanol–water partition coefficient (Wildman–Crippen LogP) is 0.200. The largest absolute Gasteiger partial charge is 0.288 e. The van der Waals surface area contributed by atoms with E-state index in [9.17, 15) is 4.79 Å². The average Bonchev–Trinajstić information content (AvgIpc) is 2.05. The van der Waals surface area contributed by atoms with Crippen LogP contribution in [0.25, 0.3) is 0 Å². The van der Waals surface area contributed by atoms with Crippen LogP contribution in [0, 0.1) is 3.83 Å². The van der Waals surface area contributed by atoms with E-state index in [1.807, 2.05) is 22.6 Å². The van der Waals surface area contributed by atoms with Crippen LogP contribution in [0.5, 0.6) is 0 Å². The predicted molar refractivity (Wildman–Crippen MR) is 44.0 cm³/mol. The smallest absolute Gasteiger partial charge is 0.277 e.